The summed E-state index contributed by atoms with van der Waals surface area (Å²) in [5, 5.41) is 0. The fourth-order valence-corrected chi connectivity index (χ4v) is 0.770. The molecule has 2 heterocycles. The van der Waals surface area contributed by atoms with Crippen molar-refractivity contribution >= 4 is 6.08 Å². The number of fused-ring (bicyclic) bond motifs is 1. The summed E-state index contributed by atoms with van der Waals surface area (Å²) in [5.41, 5.74) is 0.800. The van der Waals surface area contributed by atoms with Crippen molar-refractivity contribution in [3.05, 3.63) is 30.3 Å². The van der Waals surface area contributed by atoms with Gasteiger partial charge >= 0.3 is 0 Å². The Morgan fingerprint density at radius 1 is 1.40 bits per heavy atom. The molecule has 2 rings (SSSR count). The largest absolute Gasteiger partial charge is 0.298 e. The van der Waals surface area contributed by atoms with Crippen molar-refractivity contribution in [3.63, 3.8) is 0 Å². The normalized spacial score (nSPS) is 13.2. The average molecular weight is 135 g/mol. The van der Waals surface area contributed by atoms with Crippen LogP contribution in [0.15, 0.2) is 24.6 Å². The van der Waals surface area contributed by atoms with E-state index in [1.807, 2.05) is 0 Å². The number of rotatable bonds is 0. The van der Waals surface area contributed by atoms with Crippen LogP contribution in [0.3, 0.4) is 0 Å². The third-order valence-electron chi connectivity index (χ3n) is 1.22. The molecule has 1 aromatic heterocycles. The van der Waals surface area contributed by atoms with Crippen molar-refractivity contribution in [2.24, 2.45) is 0 Å². The van der Waals surface area contributed by atoms with Crippen LogP contribution in [0.4, 0.5) is 0 Å². The van der Waals surface area contributed by atoms with Crippen molar-refractivity contribution in [1.29, 1.82) is 0 Å². The smallest absolute Gasteiger partial charge is 0.204 e. The summed E-state index contributed by atoms with van der Waals surface area (Å²) in [6.45, 7) is 0. The monoisotopic (exact) mass is 135 g/mol. The highest BCUT2D eigenvalue weighted by atomic mass is 17.2. The van der Waals surface area contributed by atoms with Crippen LogP contribution in [0, 0.1) is 0 Å². The molecule has 10 heavy (non-hydrogen) atoms. The Balaban J connectivity index is 2.54. The maximum atomic E-state index is 4.77. The van der Waals surface area contributed by atoms with Gasteiger partial charge in [-0.3, -0.25) is 14.8 Å². The van der Waals surface area contributed by atoms with Crippen LogP contribution in [0.2, 0.25) is 0 Å². The molecule has 0 amide bonds. The predicted molar refractivity (Wildman–Crippen MR) is 35.0 cm³/mol. The zero-order valence-corrected chi connectivity index (χ0v) is 5.15. The van der Waals surface area contributed by atoms with Gasteiger partial charge in [0.15, 0.2) is 0 Å². The molecule has 0 atom stereocenters. The van der Waals surface area contributed by atoms with Crippen molar-refractivity contribution in [2.75, 3.05) is 0 Å². The van der Waals surface area contributed by atoms with Gasteiger partial charge in [0.2, 0.25) is 5.75 Å². The Morgan fingerprint density at radius 2 is 2.40 bits per heavy atom. The number of aromatic nitrogens is 1. The van der Waals surface area contributed by atoms with E-state index in [1.165, 1.54) is 6.26 Å². The van der Waals surface area contributed by atoms with Gasteiger partial charge < -0.3 is 0 Å². The minimum absolute atomic E-state index is 0.657. The van der Waals surface area contributed by atoms with Gasteiger partial charge in [0.1, 0.15) is 12.0 Å². The molecule has 1 aliphatic rings. The first-order valence-electron chi connectivity index (χ1n) is 2.92. The summed E-state index contributed by atoms with van der Waals surface area (Å²) in [6.07, 6.45) is 4.91. The molecule has 0 saturated carbocycles. The van der Waals surface area contributed by atoms with Gasteiger partial charge in [-0.05, 0) is 12.1 Å². The molecule has 0 bridgehead atoms. The number of hydrogen-bond acceptors (Lipinski definition) is 3. The molecule has 50 valence electrons. The van der Waals surface area contributed by atoms with Crippen LogP contribution in [-0.4, -0.2) is 4.98 Å². The van der Waals surface area contributed by atoms with Crippen molar-refractivity contribution in [1.82, 2.24) is 4.98 Å². The van der Waals surface area contributed by atoms with E-state index in [9.17, 15) is 0 Å². The third-order valence-corrected chi connectivity index (χ3v) is 1.22. The van der Waals surface area contributed by atoms with E-state index in [1.54, 1.807) is 24.4 Å². The molecule has 1 aliphatic heterocycles. The second-order valence-electron chi connectivity index (χ2n) is 1.87. The molecule has 3 heteroatoms. The molecule has 0 aliphatic carbocycles. The van der Waals surface area contributed by atoms with E-state index in [-0.39, 0.29) is 0 Å². The van der Waals surface area contributed by atoms with Crippen LogP contribution in [-0.2, 0) is 4.89 Å². The maximum Gasteiger partial charge on any atom is 0.204 e. The van der Waals surface area contributed by atoms with E-state index in [2.05, 4.69) is 9.87 Å². The summed E-state index contributed by atoms with van der Waals surface area (Å²) in [4.78, 5) is 13.4. The molecular formula is C7H5NO2. The zero-order chi connectivity index (χ0) is 6.81. The quantitative estimate of drug-likeness (QED) is 0.503. The molecule has 0 spiro atoms. The van der Waals surface area contributed by atoms with Gasteiger partial charge in [-0.2, -0.15) is 0 Å². The number of pyridine rings is 1. The SMILES string of the molecule is C1=Cc2ncccc2OO1. The first kappa shape index (κ1) is 5.29. The van der Waals surface area contributed by atoms with Gasteiger partial charge in [0.05, 0.1) is 0 Å². The van der Waals surface area contributed by atoms with E-state index in [0.29, 0.717) is 5.75 Å². The summed E-state index contributed by atoms with van der Waals surface area (Å²) >= 11 is 0. The highest BCUT2D eigenvalue weighted by molar-refractivity contribution is 5.52. The third kappa shape index (κ3) is 0.719. The molecule has 0 N–H and O–H groups in total. The van der Waals surface area contributed by atoms with Crippen LogP contribution in [0.1, 0.15) is 5.69 Å². The van der Waals surface area contributed by atoms with Crippen molar-refractivity contribution < 1.29 is 9.78 Å². The number of nitrogens with zero attached hydrogens (tertiary/aromatic N) is 1. The summed E-state index contributed by atoms with van der Waals surface area (Å²) in [7, 11) is 0. The molecule has 0 unspecified atom stereocenters. The van der Waals surface area contributed by atoms with Gasteiger partial charge in [-0.1, -0.05) is 0 Å². The predicted octanol–water partition coefficient (Wildman–Crippen LogP) is 1.38. The zero-order valence-electron chi connectivity index (χ0n) is 5.15. The Kier molecular flexibility index (Phi) is 1.07. The van der Waals surface area contributed by atoms with E-state index >= 15 is 0 Å². The lowest BCUT2D eigenvalue weighted by Crippen LogP contribution is -1.98. The standard InChI is InChI=1S/C7H5NO2/c1-2-7-6(8-4-1)3-5-9-10-7/h1-5H. The highest BCUT2D eigenvalue weighted by Gasteiger charge is 2.05. The lowest BCUT2D eigenvalue weighted by molar-refractivity contribution is -0.151. The van der Waals surface area contributed by atoms with E-state index in [0.717, 1.165) is 5.69 Å². The van der Waals surface area contributed by atoms with Crippen LogP contribution >= 0.6 is 0 Å². The average Bonchev–Trinajstić information content (AvgIpc) is 2.05. The Morgan fingerprint density at radius 3 is 3.30 bits per heavy atom. The van der Waals surface area contributed by atoms with Crippen LogP contribution in [0.25, 0.3) is 6.08 Å². The molecule has 1 aromatic rings. The van der Waals surface area contributed by atoms with E-state index < -0.39 is 0 Å². The summed E-state index contributed by atoms with van der Waals surface area (Å²) in [5.74, 6) is 0.657. The fraction of sp³-hybridized carbons (Fsp3) is 0. The minimum Gasteiger partial charge on any atom is -0.298 e. The Hall–Kier alpha value is -1.51. The lowest BCUT2D eigenvalue weighted by atomic mass is 10.3. The van der Waals surface area contributed by atoms with Crippen LogP contribution < -0.4 is 4.89 Å². The molecule has 0 saturated heterocycles. The van der Waals surface area contributed by atoms with Gasteiger partial charge in [-0.25, -0.2) is 0 Å². The van der Waals surface area contributed by atoms with Gasteiger partial charge in [-0.15, -0.1) is 0 Å². The van der Waals surface area contributed by atoms with Gasteiger partial charge in [0, 0.05) is 12.3 Å². The summed E-state index contributed by atoms with van der Waals surface area (Å²) in [6, 6.07) is 3.59. The van der Waals surface area contributed by atoms with Crippen LogP contribution in [0.5, 0.6) is 5.75 Å². The number of hydrogen-bond donors (Lipinski definition) is 0. The van der Waals surface area contributed by atoms with Gasteiger partial charge in [0.25, 0.3) is 0 Å². The maximum absolute atomic E-state index is 4.77. The second-order valence-corrected chi connectivity index (χ2v) is 1.87. The molecular weight excluding hydrogens is 130 g/mol. The molecule has 3 nitrogen and oxygen atoms in total. The fourth-order valence-electron chi connectivity index (χ4n) is 0.770. The lowest BCUT2D eigenvalue weighted by Gasteiger charge is -2.07. The van der Waals surface area contributed by atoms with Crippen molar-refractivity contribution in [2.45, 2.75) is 0 Å². The highest BCUT2D eigenvalue weighted by Crippen LogP contribution is 2.20. The Bertz CT molecular complexity index is 270. The summed E-state index contributed by atoms with van der Waals surface area (Å²) < 4.78 is 0. The first-order valence-corrected chi connectivity index (χ1v) is 2.92. The van der Waals surface area contributed by atoms with E-state index in [4.69, 9.17) is 4.89 Å². The second kappa shape index (κ2) is 2.02. The topological polar surface area (TPSA) is 31.4 Å². The Labute approximate surface area is 57.8 Å². The molecule has 0 fully saturated rings. The molecule has 0 radical (unpaired) electrons. The minimum atomic E-state index is 0.657. The van der Waals surface area contributed by atoms with Crippen molar-refractivity contribution in [3.8, 4) is 5.75 Å². The first-order chi connectivity index (χ1) is 4.97. The molecule has 0 aromatic carbocycles.